The zero-order valence-electron chi connectivity index (χ0n) is 17.5. The summed E-state index contributed by atoms with van der Waals surface area (Å²) in [5, 5.41) is 2.81. The highest BCUT2D eigenvalue weighted by atomic mass is 79.9. The molecule has 162 valence electrons. The normalized spacial score (nSPS) is 16.0. The lowest BCUT2D eigenvalue weighted by Crippen LogP contribution is -2.45. The fraction of sp³-hybridized carbons (Fsp3) is 0.250. The molecule has 7 nitrogen and oxygen atoms in total. The van der Waals surface area contributed by atoms with E-state index in [9.17, 15) is 14.4 Å². The number of anilines is 1. The van der Waals surface area contributed by atoms with Crippen LogP contribution in [0.15, 0.2) is 53.1 Å². The van der Waals surface area contributed by atoms with E-state index in [-0.39, 0.29) is 0 Å². The first-order valence-corrected chi connectivity index (χ1v) is 11.4. The number of rotatable bonds is 4. The number of benzene rings is 2. The van der Waals surface area contributed by atoms with Gasteiger partial charge in [-0.3, -0.25) is 19.3 Å². The van der Waals surface area contributed by atoms with E-state index in [2.05, 4.69) is 30.8 Å². The fourth-order valence-electron chi connectivity index (χ4n) is 4.32. The van der Waals surface area contributed by atoms with E-state index in [0.29, 0.717) is 21.3 Å². The molecule has 0 spiro atoms. The Hall–Kier alpha value is -3.26. The van der Waals surface area contributed by atoms with Gasteiger partial charge >= 0.3 is 0 Å². The Morgan fingerprint density at radius 1 is 1.06 bits per heavy atom. The second-order valence-corrected chi connectivity index (χ2v) is 9.01. The summed E-state index contributed by atoms with van der Waals surface area (Å²) in [5.74, 6) is -0.416. The van der Waals surface area contributed by atoms with Crippen LogP contribution in [0.3, 0.4) is 0 Å². The van der Waals surface area contributed by atoms with Gasteiger partial charge in [-0.25, -0.2) is 4.98 Å². The number of fused-ring (bicyclic) bond motifs is 2. The first-order valence-electron chi connectivity index (χ1n) is 10.6. The van der Waals surface area contributed by atoms with Gasteiger partial charge in [-0.1, -0.05) is 15.9 Å². The molecule has 0 radical (unpaired) electrons. The first-order chi connectivity index (χ1) is 15.4. The quantitative estimate of drug-likeness (QED) is 0.551. The molecule has 2 aromatic carbocycles. The van der Waals surface area contributed by atoms with Crippen LogP contribution in [0.25, 0.3) is 11.4 Å². The van der Waals surface area contributed by atoms with Crippen LogP contribution in [-0.4, -0.2) is 38.2 Å². The Morgan fingerprint density at radius 2 is 1.81 bits per heavy atom. The van der Waals surface area contributed by atoms with E-state index in [4.69, 9.17) is 0 Å². The zero-order chi connectivity index (χ0) is 22.4. The number of hydrogen-bond donors (Lipinski definition) is 1. The number of carbonyl (C=O) groups excluding carboxylic acids is 3. The van der Waals surface area contributed by atoms with E-state index in [0.717, 1.165) is 35.7 Å². The summed E-state index contributed by atoms with van der Waals surface area (Å²) in [7, 11) is 0. The van der Waals surface area contributed by atoms with Crippen molar-refractivity contribution in [2.24, 2.45) is 0 Å². The van der Waals surface area contributed by atoms with Gasteiger partial charge in [-0.15, -0.1) is 0 Å². The largest absolute Gasteiger partial charge is 0.328 e. The Labute approximate surface area is 193 Å². The Kier molecular flexibility index (Phi) is 5.17. The van der Waals surface area contributed by atoms with Crippen LogP contribution in [-0.2, 0) is 17.8 Å². The molecule has 1 atom stereocenters. The maximum atomic E-state index is 12.8. The molecule has 0 saturated carbocycles. The molecule has 1 aromatic heterocycles. The monoisotopic (exact) mass is 492 g/mol. The summed E-state index contributed by atoms with van der Waals surface area (Å²) < 4.78 is 2.95. The Balaban J connectivity index is 1.31. The van der Waals surface area contributed by atoms with Crippen molar-refractivity contribution >= 4 is 39.3 Å². The molecule has 1 N–H and O–H groups in total. The lowest BCUT2D eigenvalue weighted by Gasteiger charge is -2.21. The molecular formula is C24H21BrN4O3. The molecule has 3 heterocycles. The van der Waals surface area contributed by atoms with E-state index in [1.165, 1.54) is 12.1 Å². The number of amides is 3. The highest BCUT2D eigenvalue weighted by molar-refractivity contribution is 9.10. The second kappa shape index (κ2) is 8.02. The number of aryl methyl sites for hydroxylation is 1. The molecule has 0 saturated heterocycles. The van der Waals surface area contributed by atoms with E-state index < -0.39 is 23.8 Å². The highest BCUT2D eigenvalue weighted by Crippen LogP contribution is 2.29. The van der Waals surface area contributed by atoms with Crippen molar-refractivity contribution in [2.45, 2.75) is 38.8 Å². The van der Waals surface area contributed by atoms with Crippen LogP contribution >= 0.6 is 15.9 Å². The summed E-state index contributed by atoms with van der Waals surface area (Å²) in [4.78, 5) is 43.9. The topological polar surface area (TPSA) is 84.3 Å². The molecular weight excluding hydrogens is 472 g/mol. The number of nitrogens with zero attached hydrogens (tertiary/aromatic N) is 3. The smallest absolute Gasteiger partial charge is 0.262 e. The molecule has 2 aliphatic heterocycles. The van der Waals surface area contributed by atoms with Crippen molar-refractivity contribution in [1.29, 1.82) is 0 Å². The summed E-state index contributed by atoms with van der Waals surface area (Å²) in [6, 6.07) is 11.4. The number of carbonyl (C=O) groups is 3. The SMILES string of the molecule is CC(C(=O)Nc1ccc(-c2ncc3n2CCCC3)cc1)N1C(=O)c2ccc(Br)cc2C1=O. The number of halogens is 1. The van der Waals surface area contributed by atoms with Crippen molar-refractivity contribution in [3.05, 3.63) is 70.0 Å². The number of nitrogens with one attached hydrogen (secondary N) is 1. The molecule has 0 aliphatic carbocycles. The maximum Gasteiger partial charge on any atom is 0.262 e. The number of imide groups is 1. The number of aromatic nitrogens is 2. The molecule has 0 fully saturated rings. The van der Waals surface area contributed by atoms with E-state index >= 15 is 0 Å². The summed E-state index contributed by atoms with van der Waals surface area (Å²) in [6.45, 7) is 2.52. The predicted octanol–water partition coefficient (Wildman–Crippen LogP) is 4.27. The molecule has 8 heteroatoms. The van der Waals surface area contributed by atoms with Gasteiger partial charge in [0.1, 0.15) is 11.9 Å². The summed E-state index contributed by atoms with van der Waals surface area (Å²) in [5.41, 5.74) is 3.44. The van der Waals surface area contributed by atoms with Gasteiger partial charge in [0.2, 0.25) is 5.91 Å². The van der Waals surface area contributed by atoms with Gasteiger partial charge < -0.3 is 9.88 Å². The van der Waals surface area contributed by atoms with Crippen LogP contribution in [0.4, 0.5) is 5.69 Å². The minimum atomic E-state index is -0.944. The number of imidazole rings is 1. The number of hydrogen-bond acceptors (Lipinski definition) is 4. The van der Waals surface area contributed by atoms with Gasteiger partial charge in [0.05, 0.1) is 11.1 Å². The average Bonchev–Trinajstić information content (AvgIpc) is 3.33. The van der Waals surface area contributed by atoms with Gasteiger partial charge in [-0.05, 0) is 68.7 Å². The Bertz CT molecular complexity index is 1250. The van der Waals surface area contributed by atoms with E-state index in [1.807, 2.05) is 30.5 Å². The molecule has 5 rings (SSSR count). The van der Waals surface area contributed by atoms with Crippen molar-refractivity contribution in [3.63, 3.8) is 0 Å². The van der Waals surface area contributed by atoms with Crippen molar-refractivity contribution in [2.75, 3.05) is 5.32 Å². The molecule has 1 unspecified atom stereocenters. The lowest BCUT2D eigenvalue weighted by atomic mass is 10.1. The zero-order valence-corrected chi connectivity index (χ0v) is 19.1. The van der Waals surface area contributed by atoms with Crippen LogP contribution in [0.5, 0.6) is 0 Å². The van der Waals surface area contributed by atoms with Crippen LogP contribution in [0, 0.1) is 0 Å². The van der Waals surface area contributed by atoms with E-state index in [1.54, 1.807) is 25.1 Å². The van der Waals surface area contributed by atoms with Crippen LogP contribution in [0.1, 0.15) is 46.2 Å². The molecule has 3 amide bonds. The lowest BCUT2D eigenvalue weighted by molar-refractivity contribution is -0.119. The maximum absolute atomic E-state index is 12.8. The van der Waals surface area contributed by atoms with Gasteiger partial charge in [0, 0.05) is 34.2 Å². The van der Waals surface area contributed by atoms with Crippen LogP contribution in [0.2, 0.25) is 0 Å². The van der Waals surface area contributed by atoms with Crippen molar-refractivity contribution in [3.8, 4) is 11.4 Å². The molecule has 0 bridgehead atoms. The highest BCUT2D eigenvalue weighted by Gasteiger charge is 2.40. The minimum absolute atomic E-state index is 0.302. The summed E-state index contributed by atoms with van der Waals surface area (Å²) >= 11 is 3.32. The second-order valence-electron chi connectivity index (χ2n) is 8.09. The van der Waals surface area contributed by atoms with Crippen molar-refractivity contribution in [1.82, 2.24) is 14.5 Å². The minimum Gasteiger partial charge on any atom is -0.328 e. The molecule has 32 heavy (non-hydrogen) atoms. The third-order valence-electron chi connectivity index (χ3n) is 6.06. The average molecular weight is 493 g/mol. The Morgan fingerprint density at radius 3 is 2.59 bits per heavy atom. The third-order valence-corrected chi connectivity index (χ3v) is 6.55. The standard InChI is InChI=1S/C24H21BrN4O3/c1-14(29-23(31)19-10-7-16(25)12-20(19)24(29)32)22(30)27-17-8-5-15(6-9-17)21-26-13-18-4-2-3-11-28(18)21/h5-10,12-14H,2-4,11H2,1H3,(H,27,30). The van der Waals surface area contributed by atoms with Crippen LogP contribution < -0.4 is 5.32 Å². The van der Waals surface area contributed by atoms with Gasteiger partial charge in [-0.2, -0.15) is 0 Å². The van der Waals surface area contributed by atoms with Gasteiger partial charge in [0.15, 0.2) is 0 Å². The summed E-state index contributed by atoms with van der Waals surface area (Å²) in [6.07, 6.45) is 5.33. The first kappa shape index (κ1) is 20.6. The predicted molar refractivity (Wildman–Crippen MR) is 123 cm³/mol. The third kappa shape index (κ3) is 3.44. The molecule has 3 aromatic rings. The van der Waals surface area contributed by atoms with Gasteiger partial charge in [0.25, 0.3) is 11.8 Å². The molecule has 2 aliphatic rings. The fourth-order valence-corrected chi connectivity index (χ4v) is 4.68. The van der Waals surface area contributed by atoms with Crippen molar-refractivity contribution < 1.29 is 14.4 Å².